The van der Waals surface area contributed by atoms with Crippen LogP contribution in [0.2, 0.25) is 0 Å². The highest BCUT2D eigenvalue weighted by atomic mass is 32.1. The van der Waals surface area contributed by atoms with Crippen LogP contribution in [0.15, 0.2) is 168 Å². The van der Waals surface area contributed by atoms with Crippen LogP contribution in [-0.2, 0) is 0 Å². The van der Waals surface area contributed by atoms with Crippen LogP contribution in [0.1, 0.15) is 0 Å². The Bertz CT molecular complexity index is 3480. The molecule has 0 N–H and O–H groups in total. The number of aromatic nitrogens is 3. The molecule has 4 nitrogen and oxygen atoms in total. The van der Waals surface area contributed by atoms with Crippen molar-refractivity contribution in [3.63, 3.8) is 0 Å². The van der Waals surface area contributed by atoms with Crippen molar-refractivity contribution in [3.8, 4) is 28.3 Å². The standard InChI is InChI=1S/C48H27N3OS/c1-2-13-30-28(12-1)24-25-40-44(30)33-16-4-8-20-39(33)51(40)29-26-36-31-14-6-10-23-43(31)53-47(36)37(27-29)48-49-38-19-7-3-15-32(38)46(50-48)35-18-11-22-42-45(35)34-17-5-9-21-41(34)52-42/h1-27H. The Morgan fingerprint density at radius 3 is 2.13 bits per heavy atom. The molecule has 0 spiro atoms. The SMILES string of the molecule is c1ccc2c(c1)ccc1c2c2ccccc2n1-c1cc(-c2nc(-c3cccc4oc5ccccc5c34)c3ccccc3n2)c2sc3ccccc3c2c1. The van der Waals surface area contributed by atoms with Crippen LogP contribution in [0.3, 0.4) is 0 Å². The van der Waals surface area contributed by atoms with Crippen molar-refractivity contribution >= 4 is 96.9 Å². The molecule has 5 heteroatoms. The van der Waals surface area contributed by atoms with Crippen LogP contribution >= 0.6 is 11.3 Å². The Morgan fingerprint density at radius 1 is 0.472 bits per heavy atom. The number of benzene rings is 8. The molecule has 0 aliphatic rings. The van der Waals surface area contributed by atoms with Gasteiger partial charge in [0.05, 0.1) is 22.2 Å². The Labute approximate surface area is 306 Å². The van der Waals surface area contributed by atoms with E-state index in [2.05, 4.69) is 150 Å². The molecule has 0 radical (unpaired) electrons. The van der Waals surface area contributed by atoms with Gasteiger partial charge in [0.2, 0.25) is 0 Å². The summed E-state index contributed by atoms with van der Waals surface area (Å²) in [7, 11) is 0. The third kappa shape index (κ3) is 4.11. The summed E-state index contributed by atoms with van der Waals surface area (Å²) in [5.74, 6) is 0.702. The summed E-state index contributed by atoms with van der Waals surface area (Å²) in [4.78, 5) is 10.9. The monoisotopic (exact) mass is 693 g/mol. The van der Waals surface area contributed by atoms with Gasteiger partial charge in [-0.2, -0.15) is 0 Å². The number of thiophene rings is 1. The quantitative estimate of drug-likeness (QED) is 0.185. The van der Waals surface area contributed by atoms with Crippen molar-refractivity contribution in [2.45, 2.75) is 0 Å². The van der Waals surface area contributed by atoms with Gasteiger partial charge >= 0.3 is 0 Å². The van der Waals surface area contributed by atoms with Crippen LogP contribution in [0, 0.1) is 0 Å². The predicted octanol–water partition coefficient (Wildman–Crippen LogP) is 13.5. The van der Waals surface area contributed by atoms with Crippen molar-refractivity contribution < 1.29 is 4.42 Å². The molecule has 4 aromatic heterocycles. The topological polar surface area (TPSA) is 43.9 Å². The highest BCUT2D eigenvalue weighted by Gasteiger charge is 2.22. The smallest absolute Gasteiger partial charge is 0.161 e. The minimum absolute atomic E-state index is 0.702. The van der Waals surface area contributed by atoms with Crippen molar-refractivity contribution in [2.24, 2.45) is 0 Å². The van der Waals surface area contributed by atoms with Crippen molar-refractivity contribution in [1.82, 2.24) is 14.5 Å². The van der Waals surface area contributed by atoms with E-state index < -0.39 is 0 Å². The molecule has 0 unspecified atom stereocenters. The summed E-state index contributed by atoms with van der Waals surface area (Å²) in [6.07, 6.45) is 0. The lowest BCUT2D eigenvalue weighted by Crippen LogP contribution is -1.98. The first-order valence-corrected chi connectivity index (χ1v) is 18.6. The van der Waals surface area contributed by atoms with Crippen molar-refractivity contribution in [3.05, 3.63) is 164 Å². The summed E-state index contributed by atoms with van der Waals surface area (Å²) in [5, 5.41) is 10.6. The molecule has 0 fully saturated rings. The minimum atomic E-state index is 0.702. The maximum atomic E-state index is 6.34. The Hall–Kier alpha value is -6.82. The summed E-state index contributed by atoms with van der Waals surface area (Å²) < 4.78 is 11.2. The third-order valence-corrected chi connectivity index (χ3v) is 12.0. The largest absolute Gasteiger partial charge is 0.456 e. The zero-order valence-corrected chi connectivity index (χ0v) is 29.1. The summed E-state index contributed by atoms with van der Waals surface area (Å²) in [5.41, 5.74) is 8.99. The maximum absolute atomic E-state index is 6.34. The van der Waals surface area contributed by atoms with Gasteiger partial charge in [-0.15, -0.1) is 11.3 Å². The fourth-order valence-electron chi connectivity index (χ4n) is 8.50. The van der Waals surface area contributed by atoms with E-state index in [-0.39, 0.29) is 0 Å². The van der Waals surface area contributed by atoms with E-state index in [0.717, 1.165) is 55.3 Å². The lowest BCUT2D eigenvalue weighted by Gasteiger charge is -2.14. The van der Waals surface area contributed by atoms with Gasteiger partial charge in [0.25, 0.3) is 0 Å². The molecule has 0 bridgehead atoms. The molecule has 0 saturated heterocycles. The van der Waals surface area contributed by atoms with E-state index in [1.165, 1.54) is 52.8 Å². The molecule has 0 aliphatic carbocycles. The highest BCUT2D eigenvalue weighted by molar-refractivity contribution is 7.26. The van der Waals surface area contributed by atoms with Gasteiger partial charge in [-0.25, -0.2) is 9.97 Å². The number of rotatable bonds is 3. The van der Waals surface area contributed by atoms with Crippen LogP contribution in [0.25, 0.3) is 114 Å². The molecule has 0 amide bonds. The average molecular weight is 694 g/mol. The Kier molecular flexibility index (Phi) is 5.90. The van der Waals surface area contributed by atoms with Crippen molar-refractivity contribution in [1.29, 1.82) is 0 Å². The first-order chi connectivity index (χ1) is 26.3. The van der Waals surface area contributed by atoms with Gasteiger partial charge in [-0.3, -0.25) is 0 Å². The highest BCUT2D eigenvalue weighted by Crippen LogP contribution is 2.45. The summed E-state index contributed by atoms with van der Waals surface area (Å²) >= 11 is 1.81. The van der Waals surface area contributed by atoms with Crippen LogP contribution in [0.4, 0.5) is 0 Å². The minimum Gasteiger partial charge on any atom is -0.456 e. The van der Waals surface area contributed by atoms with Gasteiger partial charge in [0, 0.05) is 63.9 Å². The summed E-state index contributed by atoms with van der Waals surface area (Å²) in [6.45, 7) is 0. The fourth-order valence-corrected chi connectivity index (χ4v) is 9.69. The van der Waals surface area contributed by atoms with E-state index in [9.17, 15) is 0 Å². The molecule has 12 rings (SSSR count). The molecule has 4 heterocycles. The molecular weight excluding hydrogens is 667 g/mol. The number of fused-ring (bicyclic) bond motifs is 12. The second-order valence-corrected chi connectivity index (χ2v) is 14.7. The molecular formula is C48H27N3OS. The van der Waals surface area contributed by atoms with Crippen LogP contribution in [-0.4, -0.2) is 14.5 Å². The third-order valence-electron chi connectivity index (χ3n) is 10.8. The van der Waals surface area contributed by atoms with Gasteiger partial charge in [0.15, 0.2) is 5.82 Å². The molecule has 0 atom stereocenters. The average Bonchev–Trinajstić information content (AvgIpc) is 3.90. The van der Waals surface area contributed by atoms with E-state index in [4.69, 9.17) is 14.4 Å². The zero-order valence-electron chi connectivity index (χ0n) is 28.2. The van der Waals surface area contributed by atoms with E-state index in [1.807, 2.05) is 18.2 Å². The van der Waals surface area contributed by atoms with E-state index in [1.54, 1.807) is 11.3 Å². The van der Waals surface area contributed by atoms with E-state index >= 15 is 0 Å². The predicted molar refractivity (Wildman–Crippen MR) is 222 cm³/mol. The van der Waals surface area contributed by atoms with Gasteiger partial charge in [-0.05, 0) is 59.3 Å². The first kappa shape index (κ1) is 28.8. The van der Waals surface area contributed by atoms with Gasteiger partial charge in [-0.1, -0.05) is 115 Å². The molecule has 0 aliphatic heterocycles. The van der Waals surface area contributed by atoms with Crippen LogP contribution in [0.5, 0.6) is 0 Å². The number of hydrogen-bond acceptors (Lipinski definition) is 4. The molecule has 12 aromatic rings. The molecule has 53 heavy (non-hydrogen) atoms. The second kappa shape index (κ2) is 10.8. The first-order valence-electron chi connectivity index (χ1n) is 17.8. The Balaban J connectivity index is 1.20. The lowest BCUT2D eigenvalue weighted by molar-refractivity contribution is 0.669. The van der Waals surface area contributed by atoms with Gasteiger partial charge < -0.3 is 8.98 Å². The fraction of sp³-hybridized carbons (Fsp3) is 0. The maximum Gasteiger partial charge on any atom is 0.161 e. The zero-order chi connectivity index (χ0) is 34.6. The number of nitrogens with zero attached hydrogens (tertiary/aromatic N) is 3. The summed E-state index contributed by atoms with van der Waals surface area (Å²) in [6, 6.07) is 58.2. The number of para-hydroxylation sites is 3. The Morgan fingerprint density at radius 2 is 1.21 bits per heavy atom. The molecule has 246 valence electrons. The van der Waals surface area contributed by atoms with E-state index in [0.29, 0.717) is 5.82 Å². The van der Waals surface area contributed by atoms with Crippen LogP contribution < -0.4 is 0 Å². The second-order valence-electron chi connectivity index (χ2n) is 13.7. The van der Waals surface area contributed by atoms with Gasteiger partial charge in [0.1, 0.15) is 11.2 Å². The van der Waals surface area contributed by atoms with Crippen molar-refractivity contribution in [2.75, 3.05) is 0 Å². The number of furan rings is 1. The lowest BCUT2D eigenvalue weighted by atomic mass is 10.00. The molecule has 0 saturated carbocycles. The normalized spacial score (nSPS) is 12.2. The molecule has 8 aromatic carbocycles. The number of hydrogen-bond donors (Lipinski definition) is 0.